The first-order valence-corrected chi connectivity index (χ1v) is 11.7. The van der Waals surface area contributed by atoms with Gasteiger partial charge in [-0.2, -0.15) is 0 Å². The molecule has 0 N–H and O–H groups in total. The monoisotopic (exact) mass is 439 g/mol. The fraction of sp³-hybridized carbons (Fsp3) is 0.318. The third-order valence-corrected chi connectivity index (χ3v) is 7.09. The molecule has 1 unspecified atom stereocenters. The molecule has 2 aromatic heterocycles. The number of nitrogens with zero attached hydrogens (tertiary/aromatic N) is 3. The number of ether oxygens (including phenoxy) is 2. The van der Waals surface area contributed by atoms with Crippen molar-refractivity contribution in [2.75, 3.05) is 24.7 Å². The number of aromatic nitrogens is 2. The number of fused-ring (bicyclic) bond motifs is 2. The van der Waals surface area contributed by atoms with Crippen LogP contribution in [0.1, 0.15) is 29.6 Å². The summed E-state index contributed by atoms with van der Waals surface area (Å²) in [4.78, 5) is 24.6. The van der Waals surface area contributed by atoms with Crippen LogP contribution >= 0.6 is 22.7 Å². The summed E-state index contributed by atoms with van der Waals surface area (Å²) >= 11 is 2.91. The molecule has 6 nitrogen and oxygen atoms in total. The summed E-state index contributed by atoms with van der Waals surface area (Å²) in [5, 5.41) is 1.14. The van der Waals surface area contributed by atoms with Crippen LogP contribution in [-0.2, 0) is 4.74 Å². The van der Waals surface area contributed by atoms with Crippen LogP contribution in [0.5, 0.6) is 5.75 Å². The first-order chi connectivity index (χ1) is 14.7. The second-order valence-electron chi connectivity index (χ2n) is 7.10. The number of para-hydroxylation sites is 1. The number of carbonyl (C=O) groups excluding carboxylic acids is 1. The minimum Gasteiger partial charge on any atom is -0.494 e. The van der Waals surface area contributed by atoms with E-state index in [1.807, 2.05) is 49.4 Å². The van der Waals surface area contributed by atoms with E-state index in [4.69, 9.17) is 14.5 Å². The number of carbonyl (C=O) groups is 1. The zero-order chi connectivity index (χ0) is 20.5. The van der Waals surface area contributed by atoms with Crippen molar-refractivity contribution < 1.29 is 14.3 Å². The molecule has 0 bridgehead atoms. The fourth-order valence-electron chi connectivity index (χ4n) is 3.58. The van der Waals surface area contributed by atoms with E-state index < -0.39 is 0 Å². The van der Waals surface area contributed by atoms with Gasteiger partial charge in [0.1, 0.15) is 5.75 Å². The summed E-state index contributed by atoms with van der Waals surface area (Å²) in [6.45, 7) is 3.79. The van der Waals surface area contributed by atoms with E-state index in [1.165, 1.54) is 22.7 Å². The number of anilines is 1. The topological polar surface area (TPSA) is 64.6 Å². The highest BCUT2D eigenvalue weighted by atomic mass is 32.1. The smallest absolute Gasteiger partial charge is 0.289 e. The lowest BCUT2D eigenvalue weighted by Gasteiger charge is -2.22. The van der Waals surface area contributed by atoms with E-state index in [1.54, 1.807) is 4.90 Å². The molecule has 1 fully saturated rings. The third kappa shape index (κ3) is 3.78. The first-order valence-electron chi connectivity index (χ1n) is 10.0. The average Bonchev–Trinajstić information content (AvgIpc) is 3.50. The van der Waals surface area contributed by atoms with Gasteiger partial charge in [0.05, 0.1) is 39.7 Å². The third-order valence-electron chi connectivity index (χ3n) is 5.02. The number of benzene rings is 2. The van der Waals surface area contributed by atoms with Crippen molar-refractivity contribution in [3.63, 3.8) is 0 Å². The molecular weight excluding hydrogens is 418 g/mol. The molecule has 1 aliphatic rings. The van der Waals surface area contributed by atoms with E-state index in [0.717, 1.165) is 45.6 Å². The van der Waals surface area contributed by atoms with Gasteiger partial charge < -0.3 is 9.47 Å². The van der Waals surface area contributed by atoms with Crippen LogP contribution < -0.4 is 9.64 Å². The predicted octanol–water partition coefficient (Wildman–Crippen LogP) is 5.13. The van der Waals surface area contributed by atoms with Crippen LogP contribution in [0.25, 0.3) is 20.4 Å². The summed E-state index contributed by atoms with van der Waals surface area (Å²) in [5.41, 5.74) is 1.70. The first kappa shape index (κ1) is 19.4. The Hall–Kier alpha value is -2.55. The SMILES string of the molecule is CCOc1ccc2nc(N(CC3CCCO3)C(=O)c3nc4ccccc4s3)sc2c1. The lowest BCUT2D eigenvalue weighted by Crippen LogP contribution is -2.37. The Morgan fingerprint density at radius 3 is 2.83 bits per heavy atom. The fourth-order valence-corrected chi connectivity index (χ4v) is 5.50. The Morgan fingerprint density at radius 2 is 2.03 bits per heavy atom. The molecule has 2 aromatic carbocycles. The van der Waals surface area contributed by atoms with Gasteiger partial charge in [-0.25, -0.2) is 9.97 Å². The number of thiazole rings is 2. The minimum absolute atomic E-state index is 0.0225. The number of hydrogen-bond acceptors (Lipinski definition) is 7. The Balaban J connectivity index is 1.52. The van der Waals surface area contributed by atoms with E-state index in [0.29, 0.717) is 23.3 Å². The second kappa shape index (κ2) is 8.29. The van der Waals surface area contributed by atoms with E-state index in [-0.39, 0.29) is 12.0 Å². The Labute approximate surface area is 182 Å². The summed E-state index contributed by atoms with van der Waals surface area (Å²) < 4.78 is 13.4. The van der Waals surface area contributed by atoms with Gasteiger partial charge in [-0.05, 0) is 50.1 Å². The van der Waals surface area contributed by atoms with Crippen molar-refractivity contribution in [2.24, 2.45) is 0 Å². The predicted molar refractivity (Wildman–Crippen MR) is 121 cm³/mol. The summed E-state index contributed by atoms with van der Waals surface area (Å²) in [6, 6.07) is 13.6. The molecule has 4 aromatic rings. The molecule has 0 spiro atoms. The number of hydrogen-bond donors (Lipinski definition) is 0. The van der Waals surface area contributed by atoms with Gasteiger partial charge in [0.25, 0.3) is 5.91 Å². The highest BCUT2D eigenvalue weighted by molar-refractivity contribution is 7.23. The van der Waals surface area contributed by atoms with Crippen molar-refractivity contribution in [1.82, 2.24) is 9.97 Å². The molecular formula is C22H21N3O3S2. The van der Waals surface area contributed by atoms with Crippen molar-refractivity contribution in [2.45, 2.75) is 25.9 Å². The van der Waals surface area contributed by atoms with Crippen LogP contribution in [-0.4, -0.2) is 41.7 Å². The van der Waals surface area contributed by atoms with Crippen molar-refractivity contribution in [1.29, 1.82) is 0 Å². The van der Waals surface area contributed by atoms with Crippen LogP contribution in [0.15, 0.2) is 42.5 Å². The van der Waals surface area contributed by atoms with E-state index in [9.17, 15) is 4.79 Å². The number of rotatable bonds is 6. The second-order valence-corrected chi connectivity index (χ2v) is 9.14. The Kier molecular flexibility index (Phi) is 5.37. The van der Waals surface area contributed by atoms with Gasteiger partial charge in [0.2, 0.25) is 0 Å². The quantitative estimate of drug-likeness (QED) is 0.417. The molecule has 1 amide bonds. The Bertz CT molecular complexity index is 1160. The maximum Gasteiger partial charge on any atom is 0.289 e. The lowest BCUT2D eigenvalue weighted by molar-refractivity contribution is 0.0917. The summed E-state index contributed by atoms with van der Waals surface area (Å²) in [5.74, 6) is 0.680. The van der Waals surface area contributed by atoms with Gasteiger partial charge in [-0.3, -0.25) is 9.69 Å². The van der Waals surface area contributed by atoms with Gasteiger partial charge in [-0.1, -0.05) is 23.5 Å². The van der Waals surface area contributed by atoms with Gasteiger partial charge in [0.15, 0.2) is 10.1 Å². The van der Waals surface area contributed by atoms with Crippen LogP contribution in [0.3, 0.4) is 0 Å². The summed E-state index contributed by atoms with van der Waals surface area (Å²) in [7, 11) is 0. The van der Waals surface area contributed by atoms with Crippen molar-refractivity contribution >= 4 is 54.1 Å². The van der Waals surface area contributed by atoms with E-state index >= 15 is 0 Å². The van der Waals surface area contributed by atoms with Gasteiger partial charge in [0, 0.05) is 6.61 Å². The van der Waals surface area contributed by atoms with Gasteiger partial charge in [-0.15, -0.1) is 11.3 Å². The molecule has 8 heteroatoms. The molecule has 0 radical (unpaired) electrons. The molecule has 154 valence electrons. The normalized spacial score (nSPS) is 16.4. The lowest BCUT2D eigenvalue weighted by atomic mass is 10.2. The number of amides is 1. The van der Waals surface area contributed by atoms with Crippen molar-refractivity contribution in [3.05, 3.63) is 47.5 Å². The maximum absolute atomic E-state index is 13.5. The summed E-state index contributed by atoms with van der Waals surface area (Å²) in [6.07, 6.45) is 1.99. The molecule has 0 saturated carbocycles. The van der Waals surface area contributed by atoms with Crippen LogP contribution in [0, 0.1) is 0 Å². The molecule has 30 heavy (non-hydrogen) atoms. The molecule has 3 heterocycles. The molecule has 5 rings (SSSR count). The largest absolute Gasteiger partial charge is 0.494 e. The standard InChI is InChI=1S/C22H21N3O3S2/c1-2-27-14-9-10-17-19(12-14)30-22(24-17)25(13-15-6-5-11-28-15)21(26)20-23-16-7-3-4-8-18(16)29-20/h3-4,7-10,12,15H,2,5-6,11,13H2,1H3. The van der Waals surface area contributed by atoms with Crippen LogP contribution in [0.4, 0.5) is 5.13 Å². The molecule has 1 aliphatic heterocycles. The molecule has 0 aliphatic carbocycles. The van der Waals surface area contributed by atoms with Gasteiger partial charge >= 0.3 is 0 Å². The average molecular weight is 440 g/mol. The van der Waals surface area contributed by atoms with E-state index in [2.05, 4.69) is 4.98 Å². The zero-order valence-corrected chi connectivity index (χ0v) is 18.2. The van der Waals surface area contributed by atoms with Crippen LogP contribution in [0.2, 0.25) is 0 Å². The highest BCUT2D eigenvalue weighted by Crippen LogP contribution is 2.34. The molecule has 1 saturated heterocycles. The zero-order valence-electron chi connectivity index (χ0n) is 16.5. The highest BCUT2D eigenvalue weighted by Gasteiger charge is 2.29. The minimum atomic E-state index is -0.129. The Morgan fingerprint density at radius 1 is 1.17 bits per heavy atom. The molecule has 1 atom stereocenters. The maximum atomic E-state index is 13.5. The van der Waals surface area contributed by atoms with Crippen molar-refractivity contribution in [3.8, 4) is 5.75 Å².